The molecule has 7 nitrogen and oxygen atoms in total. The van der Waals surface area contributed by atoms with E-state index in [9.17, 15) is 9.59 Å². The standard InChI is InChI=1S/C20H24N4O3/c1-11-3-4-21-19-22-17(23-24(11)19)18(26)27-12(2)16(25)20-8-13-5-14(9-20)7-15(6-13)10-20/h3-4,12-15H,5-10H2,1-2H3. The Balaban J connectivity index is 1.33. The van der Waals surface area contributed by atoms with Crippen molar-refractivity contribution in [3.05, 3.63) is 23.8 Å². The second kappa shape index (κ2) is 5.84. The summed E-state index contributed by atoms with van der Waals surface area (Å²) < 4.78 is 7.00. The highest BCUT2D eigenvalue weighted by Crippen LogP contribution is 2.60. The van der Waals surface area contributed by atoms with Crippen LogP contribution in [0.5, 0.6) is 0 Å². The number of carbonyl (C=O) groups excluding carboxylic acids is 2. The van der Waals surface area contributed by atoms with Crippen LogP contribution in [-0.4, -0.2) is 37.4 Å². The highest BCUT2D eigenvalue weighted by Gasteiger charge is 2.55. The van der Waals surface area contributed by atoms with Gasteiger partial charge in [-0.2, -0.15) is 4.98 Å². The minimum atomic E-state index is -0.769. The van der Waals surface area contributed by atoms with Crippen LogP contribution in [0.25, 0.3) is 5.78 Å². The van der Waals surface area contributed by atoms with Crippen molar-refractivity contribution in [1.82, 2.24) is 19.6 Å². The molecule has 2 aromatic heterocycles. The van der Waals surface area contributed by atoms with E-state index in [0.717, 1.165) is 25.0 Å². The fourth-order valence-electron chi connectivity index (χ4n) is 6.10. The van der Waals surface area contributed by atoms with E-state index in [2.05, 4.69) is 15.1 Å². The topological polar surface area (TPSA) is 86.5 Å². The molecule has 142 valence electrons. The van der Waals surface area contributed by atoms with Gasteiger partial charge in [0.2, 0.25) is 0 Å². The highest BCUT2D eigenvalue weighted by atomic mass is 16.5. The first-order valence-electron chi connectivity index (χ1n) is 9.87. The summed E-state index contributed by atoms with van der Waals surface area (Å²) in [6.07, 6.45) is 7.58. The number of ketones is 1. The van der Waals surface area contributed by atoms with E-state index in [1.165, 1.54) is 23.8 Å². The van der Waals surface area contributed by atoms with Crippen LogP contribution in [0.2, 0.25) is 0 Å². The lowest BCUT2D eigenvalue weighted by molar-refractivity contribution is -0.152. The van der Waals surface area contributed by atoms with Crippen LogP contribution in [-0.2, 0) is 9.53 Å². The number of fused-ring (bicyclic) bond motifs is 1. The molecule has 4 aliphatic rings. The van der Waals surface area contributed by atoms with Crippen LogP contribution < -0.4 is 0 Å². The summed E-state index contributed by atoms with van der Waals surface area (Å²) in [6, 6.07) is 1.79. The number of hydrogen-bond acceptors (Lipinski definition) is 6. The number of hydrogen-bond donors (Lipinski definition) is 0. The SMILES string of the molecule is Cc1ccnc2nc(C(=O)OC(C)C(=O)C34CC5CC(CC(C5)C3)C4)nn12. The average Bonchev–Trinajstić information content (AvgIpc) is 3.06. The molecule has 27 heavy (non-hydrogen) atoms. The van der Waals surface area contributed by atoms with Gasteiger partial charge in [0.1, 0.15) is 0 Å². The van der Waals surface area contributed by atoms with Gasteiger partial charge in [0.25, 0.3) is 11.6 Å². The predicted octanol–water partition coefficient (Wildman–Crippen LogP) is 2.76. The number of nitrogens with zero attached hydrogens (tertiary/aromatic N) is 4. The molecule has 4 aliphatic carbocycles. The van der Waals surface area contributed by atoms with E-state index in [0.29, 0.717) is 23.5 Å². The van der Waals surface area contributed by atoms with Crippen molar-refractivity contribution >= 4 is 17.5 Å². The second-order valence-electron chi connectivity index (χ2n) is 8.84. The Kier molecular flexibility index (Phi) is 3.64. The van der Waals surface area contributed by atoms with Crippen molar-refractivity contribution in [1.29, 1.82) is 0 Å². The molecule has 0 radical (unpaired) electrons. The molecule has 2 heterocycles. The summed E-state index contributed by atoms with van der Waals surface area (Å²) in [4.78, 5) is 34.0. The zero-order chi connectivity index (χ0) is 18.8. The zero-order valence-electron chi connectivity index (χ0n) is 15.7. The molecule has 0 aliphatic heterocycles. The number of carbonyl (C=O) groups is 2. The van der Waals surface area contributed by atoms with Crippen LogP contribution >= 0.6 is 0 Å². The van der Waals surface area contributed by atoms with Gasteiger partial charge in [-0.1, -0.05) is 0 Å². The maximum atomic E-state index is 13.3. The molecule has 2 aromatic rings. The van der Waals surface area contributed by atoms with E-state index in [1.807, 2.05) is 6.92 Å². The molecule has 6 rings (SSSR count). The molecular weight excluding hydrogens is 344 g/mol. The van der Waals surface area contributed by atoms with Gasteiger partial charge in [0.05, 0.1) is 0 Å². The first-order chi connectivity index (χ1) is 12.9. The zero-order valence-corrected chi connectivity index (χ0v) is 15.7. The molecule has 4 saturated carbocycles. The molecule has 0 saturated heterocycles. The molecule has 1 unspecified atom stereocenters. The Morgan fingerprint density at radius 3 is 2.41 bits per heavy atom. The first kappa shape index (κ1) is 16.8. The van der Waals surface area contributed by atoms with Crippen LogP contribution in [0, 0.1) is 30.1 Å². The lowest BCUT2D eigenvalue weighted by atomic mass is 9.48. The summed E-state index contributed by atoms with van der Waals surface area (Å²) in [5.41, 5.74) is 0.545. The van der Waals surface area contributed by atoms with E-state index in [1.54, 1.807) is 19.2 Å². The fourth-order valence-corrected chi connectivity index (χ4v) is 6.10. The van der Waals surface area contributed by atoms with Crippen molar-refractivity contribution < 1.29 is 14.3 Å². The van der Waals surface area contributed by atoms with Crippen LogP contribution in [0.3, 0.4) is 0 Å². The molecule has 0 aromatic carbocycles. The summed E-state index contributed by atoms with van der Waals surface area (Å²) in [7, 11) is 0. The quantitative estimate of drug-likeness (QED) is 0.771. The van der Waals surface area contributed by atoms with Crippen molar-refractivity contribution in [2.24, 2.45) is 23.2 Å². The Morgan fingerprint density at radius 1 is 1.19 bits per heavy atom. The molecule has 0 N–H and O–H groups in total. The smallest absolute Gasteiger partial charge is 0.379 e. The number of ether oxygens (including phenoxy) is 1. The van der Waals surface area contributed by atoms with E-state index < -0.39 is 12.1 Å². The van der Waals surface area contributed by atoms with Gasteiger partial charge in [-0.15, -0.1) is 5.10 Å². The van der Waals surface area contributed by atoms with Crippen molar-refractivity contribution in [2.45, 2.75) is 58.5 Å². The number of Topliss-reactive ketones (excluding diaryl/α,β-unsaturated/α-hetero) is 1. The average molecular weight is 368 g/mol. The van der Waals surface area contributed by atoms with Crippen LogP contribution in [0.4, 0.5) is 0 Å². The normalized spacial score (nSPS) is 32.6. The van der Waals surface area contributed by atoms with Gasteiger partial charge < -0.3 is 4.74 Å². The lowest BCUT2D eigenvalue weighted by Gasteiger charge is -2.56. The maximum absolute atomic E-state index is 13.3. The van der Waals surface area contributed by atoms with Gasteiger partial charge >= 0.3 is 5.97 Å². The minimum absolute atomic E-state index is 0.0537. The maximum Gasteiger partial charge on any atom is 0.379 e. The largest absolute Gasteiger partial charge is 0.449 e. The number of esters is 1. The molecule has 7 heteroatoms. The summed E-state index contributed by atoms with van der Waals surface area (Å²) in [5.74, 6) is 1.76. The summed E-state index contributed by atoms with van der Waals surface area (Å²) in [6.45, 7) is 3.55. The van der Waals surface area contributed by atoms with E-state index in [4.69, 9.17) is 4.74 Å². The van der Waals surface area contributed by atoms with Crippen molar-refractivity contribution in [3.8, 4) is 0 Å². The Labute approximate surface area is 157 Å². The first-order valence-corrected chi connectivity index (χ1v) is 9.87. The van der Waals surface area contributed by atoms with E-state index in [-0.39, 0.29) is 17.0 Å². The Morgan fingerprint density at radius 2 is 1.81 bits per heavy atom. The van der Waals surface area contributed by atoms with Crippen LogP contribution in [0.15, 0.2) is 12.3 Å². The predicted molar refractivity (Wildman–Crippen MR) is 96.0 cm³/mol. The third-order valence-corrected chi connectivity index (χ3v) is 6.83. The highest BCUT2D eigenvalue weighted by molar-refractivity contribution is 5.93. The second-order valence-corrected chi connectivity index (χ2v) is 8.84. The summed E-state index contributed by atoms with van der Waals surface area (Å²) in [5, 5.41) is 4.17. The van der Waals surface area contributed by atoms with Gasteiger partial charge in [-0.05, 0) is 76.2 Å². The Hall–Kier alpha value is -2.31. The minimum Gasteiger partial charge on any atom is -0.449 e. The molecule has 1 atom stereocenters. The summed E-state index contributed by atoms with van der Waals surface area (Å²) >= 11 is 0. The molecule has 0 spiro atoms. The van der Waals surface area contributed by atoms with Gasteiger partial charge in [-0.3, -0.25) is 4.79 Å². The van der Waals surface area contributed by atoms with Crippen molar-refractivity contribution in [3.63, 3.8) is 0 Å². The van der Waals surface area contributed by atoms with Crippen molar-refractivity contribution in [2.75, 3.05) is 0 Å². The van der Waals surface area contributed by atoms with Gasteiger partial charge in [-0.25, -0.2) is 14.3 Å². The van der Waals surface area contributed by atoms with Gasteiger partial charge in [0.15, 0.2) is 11.9 Å². The van der Waals surface area contributed by atoms with E-state index >= 15 is 0 Å². The fraction of sp³-hybridized carbons (Fsp3) is 0.650. The Bertz CT molecular complexity index is 899. The third kappa shape index (κ3) is 2.66. The monoisotopic (exact) mass is 368 g/mol. The number of rotatable bonds is 4. The van der Waals surface area contributed by atoms with Crippen LogP contribution in [0.1, 0.15) is 61.8 Å². The number of aryl methyl sites for hydroxylation is 1. The molecular formula is C20H24N4O3. The molecule has 4 bridgehead atoms. The molecule has 0 amide bonds. The number of aromatic nitrogens is 4. The third-order valence-electron chi connectivity index (χ3n) is 6.83. The molecule has 4 fully saturated rings. The lowest BCUT2D eigenvalue weighted by Crippen LogP contribution is -2.52. The van der Waals surface area contributed by atoms with Gasteiger partial charge in [0, 0.05) is 17.3 Å².